The first-order chi connectivity index (χ1) is 8.47. The van der Waals surface area contributed by atoms with E-state index in [2.05, 4.69) is 37.1 Å². The number of hydrogen-bond acceptors (Lipinski definition) is 4. The molecule has 0 aliphatic heterocycles. The lowest BCUT2D eigenvalue weighted by atomic mass is 10.1. The standard InChI is InChI=1S/C14H19N3S/c1-8-5-6-12(15)13(7-8)17-10(3)14-9(2)16-11(4)18-14/h5-7,10,17H,15H2,1-4H3. The molecule has 1 atom stereocenters. The predicted molar refractivity (Wildman–Crippen MR) is 79.2 cm³/mol. The van der Waals surface area contributed by atoms with E-state index in [1.807, 2.05) is 19.1 Å². The van der Waals surface area contributed by atoms with Gasteiger partial charge in [0, 0.05) is 4.88 Å². The highest BCUT2D eigenvalue weighted by Gasteiger charge is 2.13. The molecule has 18 heavy (non-hydrogen) atoms. The van der Waals surface area contributed by atoms with Gasteiger partial charge >= 0.3 is 0 Å². The van der Waals surface area contributed by atoms with Gasteiger partial charge in [0.2, 0.25) is 0 Å². The number of nitrogen functional groups attached to an aromatic ring is 1. The van der Waals surface area contributed by atoms with Crippen molar-refractivity contribution >= 4 is 22.7 Å². The summed E-state index contributed by atoms with van der Waals surface area (Å²) in [5.74, 6) is 0. The Morgan fingerprint density at radius 3 is 2.61 bits per heavy atom. The van der Waals surface area contributed by atoms with Crippen LogP contribution >= 0.6 is 11.3 Å². The van der Waals surface area contributed by atoms with Gasteiger partial charge in [-0.25, -0.2) is 4.98 Å². The molecule has 4 heteroatoms. The van der Waals surface area contributed by atoms with Gasteiger partial charge in [-0.1, -0.05) is 6.07 Å². The normalized spacial score (nSPS) is 12.4. The Kier molecular flexibility index (Phi) is 3.57. The van der Waals surface area contributed by atoms with Crippen molar-refractivity contribution in [3.05, 3.63) is 39.3 Å². The molecule has 96 valence electrons. The second-order valence-corrected chi connectivity index (χ2v) is 5.87. The number of nitrogens with zero attached hydrogens (tertiary/aromatic N) is 1. The maximum absolute atomic E-state index is 5.98. The number of aromatic nitrogens is 1. The van der Waals surface area contributed by atoms with Gasteiger partial charge in [-0.2, -0.15) is 0 Å². The van der Waals surface area contributed by atoms with Gasteiger partial charge in [0.25, 0.3) is 0 Å². The molecule has 2 rings (SSSR count). The third-order valence-corrected chi connectivity index (χ3v) is 4.17. The van der Waals surface area contributed by atoms with Gasteiger partial charge in [0.05, 0.1) is 28.1 Å². The van der Waals surface area contributed by atoms with Crippen molar-refractivity contribution < 1.29 is 0 Å². The summed E-state index contributed by atoms with van der Waals surface area (Å²) in [6, 6.07) is 6.26. The zero-order valence-corrected chi connectivity index (χ0v) is 12.1. The Balaban J connectivity index is 2.23. The quantitative estimate of drug-likeness (QED) is 0.826. The summed E-state index contributed by atoms with van der Waals surface area (Å²) in [5.41, 5.74) is 10.1. The molecule has 0 bridgehead atoms. The van der Waals surface area contributed by atoms with E-state index in [0.29, 0.717) is 0 Å². The van der Waals surface area contributed by atoms with Crippen LogP contribution in [0.4, 0.5) is 11.4 Å². The molecule has 2 aromatic rings. The average molecular weight is 261 g/mol. The summed E-state index contributed by atoms with van der Waals surface area (Å²) >= 11 is 1.74. The van der Waals surface area contributed by atoms with Crippen molar-refractivity contribution in [1.29, 1.82) is 0 Å². The second kappa shape index (κ2) is 4.98. The van der Waals surface area contributed by atoms with E-state index in [1.165, 1.54) is 10.4 Å². The largest absolute Gasteiger partial charge is 0.397 e. The van der Waals surface area contributed by atoms with Crippen LogP contribution in [0.15, 0.2) is 18.2 Å². The SMILES string of the molecule is Cc1ccc(N)c(NC(C)c2sc(C)nc2C)c1. The summed E-state index contributed by atoms with van der Waals surface area (Å²) in [7, 11) is 0. The molecule has 0 radical (unpaired) electrons. The maximum Gasteiger partial charge on any atom is 0.0900 e. The van der Waals surface area contributed by atoms with Crippen LogP contribution < -0.4 is 11.1 Å². The minimum atomic E-state index is 0.222. The van der Waals surface area contributed by atoms with Gasteiger partial charge in [0.1, 0.15) is 0 Å². The van der Waals surface area contributed by atoms with E-state index < -0.39 is 0 Å². The van der Waals surface area contributed by atoms with Crippen LogP contribution in [0.25, 0.3) is 0 Å². The van der Waals surface area contributed by atoms with E-state index in [9.17, 15) is 0 Å². The van der Waals surface area contributed by atoms with E-state index in [4.69, 9.17) is 5.73 Å². The highest BCUT2D eigenvalue weighted by Crippen LogP contribution is 2.29. The molecular weight excluding hydrogens is 242 g/mol. The van der Waals surface area contributed by atoms with E-state index in [1.54, 1.807) is 11.3 Å². The number of hydrogen-bond donors (Lipinski definition) is 2. The van der Waals surface area contributed by atoms with Crippen LogP contribution in [0.2, 0.25) is 0 Å². The smallest absolute Gasteiger partial charge is 0.0900 e. The second-order valence-electron chi connectivity index (χ2n) is 4.64. The Bertz CT molecular complexity index is 560. The third kappa shape index (κ3) is 2.64. The van der Waals surface area contributed by atoms with Gasteiger partial charge in [-0.3, -0.25) is 0 Å². The van der Waals surface area contributed by atoms with Crippen molar-refractivity contribution in [3.63, 3.8) is 0 Å². The summed E-state index contributed by atoms with van der Waals surface area (Å²) in [6.45, 7) is 8.30. The zero-order valence-electron chi connectivity index (χ0n) is 11.2. The minimum Gasteiger partial charge on any atom is -0.397 e. The Morgan fingerprint density at radius 2 is 2.00 bits per heavy atom. The molecule has 0 spiro atoms. The number of benzene rings is 1. The number of thiazole rings is 1. The Morgan fingerprint density at radius 1 is 1.28 bits per heavy atom. The molecule has 1 aromatic carbocycles. The first-order valence-electron chi connectivity index (χ1n) is 6.04. The lowest BCUT2D eigenvalue weighted by Gasteiger charge is -2.16. The first kappa shape index (κ1) is 12.9. The maximum atomic E-state index is 5.98. The summed E-state index contributed by atoms with van der Waals surface area (Å²) in [5, 5.41) is 4.57. The number of rotatable bonds is 3. The molecule has 3 N–H and O–H groups in total. The number of aryl methyl sites for hydroxylation is 3. The minimum absolute atomic E-state index is 0.222. The van der Waals surface area contributed by atoms with E-state index in [0.717, 1.165) is 22.1 Å². The van der Waals surface area contributed by atoms with Gasteiger partial charge in [-0.05, 0) is 45.4 Å². The molecule has 1 heterocycles. The van der Waals surface area contributed by atoms with E-state index in [-0.39, 0.29) is 6.04 Å². The summed E-state index contributed by atoms with van der Waals surface area (Å²) in [4.78, 5) is 5.73. The molecule has 0 aliphatic carbocycles. The fraction of sp³-hybridized carbons (Fsp3) is 0.357. The van der Waals surface area contributed by atoms with Crippen LogP contribution in [0.5, 0.6) is 0 Å². The molecule has 0 saturated heterocycles. The predicted octanol–water partition coefficient (Wildman–Crippen LogP) is 3.82. The molecular formula is C14H19N3S. The lowest BCUT2D eigenvalue weighted by molar-refractivity contribution is 0.890. The fourth-order valence-corrected chi connectivity index (χ4v) is 2.97. The van der Waals surface area contributed by atoms with Crippen LogP contribution in [0, 0.1) is 20.8 Å². The first-order valence-corrected chi connectivity index (χ1v) is 6.85. The summed E-state index contributed by atoms with van der Waals surface area (Å²) in [6.07, 6.45) is 0. The molecule has 1 unspecified atom stereocenters. The van der Waals surface area contributed by atoms with Crippen molar-refractivity contribution in [3.8, 4) is 0 Å². The van der Waals surface area contributed by atoms with Crippen molar-refractivity contribution in [1.82, 2.24) is 4.98 Å². The topological polar surface area (TPSA) is 50.9 Å². The average Bonchev–Trinajstić information content (AvgIpc) is 2.63. The van der Waals surface area contributed by atoms with Crippen LogP contribution in [-0.4, -0.2) is 4.98 Å². The number of nitrogens with one attached hydrogen (secondary N) is 1. The molecule has 0 fully saturated rings. The third-order valence-electron chi connectivity index (χ3n) is 2.91. The highest BCUT2D eigenvalue weighted by molar-refractivity contribution is 7.11. The van der Waals surface area contributed by atoms with Gasteiger partial charge in [0.15, 0.2) is 0 Å². The lowest BCUT2D eigenvalue weighted by Crippen LogP contribution is -2.08. The Labute approximate surface area is 112 Å². The molecule has 1 aromatic heterocycles. The van der Waals surface area contributed by atoms with Crippen molar-refractivity contribution in [2.75, 3.05) is 11.1 Å². The number of nitrogens with two attached hydrogens (primary N) is 1. The van der Waals surface area contributed by atoms with Crippen LogP contribution in [0.3, 0.4) is 0 Å². The van der Waals surface area contributed by atoms with Gasteiger partial charge < -0.3 is 11.1 Å². The molecule has 3 nitrogen and oxygen atoms in total. The van der Waals surface area contributed by atoms with Crippen molar-refractivity contribution in [2.24, 2.45) is 0 Å². The van der Waals surface area contributed by atoms with Gasteiger partial charge in [-0.15, -0.1) is 11.3 Å². The molecule has 0 aliphatic rings. The zero-order chi connectivity index (χ0) is 13.3. The molecule has 0 amide bonds. The molecule has 0 saturated carbocycles. The van der Waals surface area contributed by atoms with Crippen molar-refractivity contribution in [2.45, 2.75) is 33.7 Å². The van der Waals surface area contributed by atoms with Crippen LogP contribution in [-0.2, 0) is 0 Å². The summed E-state index contributed by atoms with van der Waals surface area (Å²) < 4.78 is 0. The highest BCUT2D eigenvalue weighted by atomic mass is 32.1. The monoisotopic (exact) mass is 261 g/mol. The Hall–Kier alpha value is -1.55. The van der Waals surface area contributed by atoms with E-state index >= 15 is 0 Å². The number of anilines is 2. The van der Waals surface area contributed by atoms with Crippen LogP contribution in [0.1, 0.15) is 34.1 Å². The fourth-order valence-electron chi connectivity index (χ4n) is 2.04.